The lowest BCUT2D eigenvalue weighted by molar-refractivity contribution is 0.293. The maximum Gasteiger partial charge on any atom is 0.172 e. The van der Waals surface area contributed by atoms with E-state index in [9.17, 15) is 8.78 Å². The van der Waals surface area contributed by atoms with Gasteiger partial charge in [0.2, 0.25) is 0 Å². The van der Waals surface area contributed by atoms with Gasteiger partial charge in [0, 0.05) is 10.8 Å². The van der Waals surface area contributed by atoms with Crippen molar-refractivity contribution in [2.75, 3.05) is 13.2 Å². The van der Waals surface area contributed by atoms with Crippen molar-refractivity contribution in [3.63, 3.8) is 0 Å². The second-order valence-corrected chi connectivity index (χ2v) is 6.77. The van der Waals surface area contributed by atoms with Crippen LogP contribution < -0.4 is 9.47 Å². The van der Waals surface area contributed by atoms with Gasteiger partial charge in [-0.15, -0.1) is 0 Å². The number of benzene rings is 3. The number of ether oxygens (including phenoxy) is 2. The van der Waals surface area contributed by atoms with E-state index < -0.39 is 11.6 Å². The van der Waals surface area contributed by atoms with Crippen LogP contribution in [-0.2, 0) is 0 Å². The van der Waals surface area contributed by atoms with Crippen LogP contribution in [0.4, 0.5) is 8.78 Å². The number of fused-ring (bicyclic) bond motifs is 3. The zero-order valence-corrected chi connectivity index (χ0v) is 16.0. The summed E-state index contributed by atoms with van der Waals surface area (Å²) >= 11 is 0. The van der Waals surface area contributed by atoms with Crippen LogP contribution in [0.1, 0.15) is 46.0 Å². The fourth-order valence-electron chi connectivity index (χ4n) is 3.19. The lowest BCUT2D eigenvalue weighted by Gasteiger charge is -2.12. The Balaban J connectivity index is 1.94. The Bertz CT molecular complexity index is 921. The van der Waals surface area contributed by atoms with E-state index in [2.05, 4.69) is 13.8 Å². The van der Waals surface area contributed by atoms with Gasteiger partial charge in [0.25, 0.3) is 0 Å². The molecule has 3 aromatic rings. The van der Waals surface area contributed by atoms with Crippen molar-refractivity contribution in [2.45, 2.75) is 46.0 Å². The van der Waals surface area contributed by atoms with E-state index >= 15 is 0 Å². The van der Waals surface area contributed by atoms with Gasteiger partial charge in [-0.3, -0.25) is 0 Å². The van der Waals surface area contributed by atoms with Crippen LogP contribution >= 0.6 is 0 Å². The summed E-state index contributed by atoms with van der Waals surface area (Å²) in [6.07, 6.45) is 4.91. The van der Waals surface area contributed by atoms with Gasteiger partial charge in [0.1, 0.15) is 0 Å². The molecule has 0 spiro atoms. The predicted octanol–water partition coefficient (Wildman–Crippen LogP) is 7.02. The Morgan fingerprint density at radius 3 is 1.52 bits per heavy atom. The number of halogens is 2. The van der Waals surface area contributed by atoms with Crippen molar-refractivity contribution in [3.05, 3.63) is 48.0 Å². The van der Waals surface area contributed by atoms with E-state index in [1.807, 2.05) is 0 Å². The van der Waals surface area contributed by atoms with E-state index in [0.29, 0.717) is 34.8 Å². The summed E-state index contributed by atoms with van der Waals surface area (Å²) in [6.45, 7) is 5.15. The van der Waals surface area contributed by atoms with Gasteiger partial charge < -0.3 is 9.47 Å². The second kappa shape index (κ2) is 9.03. The highest BCUT2D eigenvalue weighted by Crippen LogP contribution is 2.35. The maximum absolute atomic E-state index is 14.8. The quantitative estimate of drug-likeness (QED) is 0.297. The molecule has 3 rings (SSSR count). The van der Waals surface area contributed by atoms with Crippen molar-refractivity contribution in [1.82, 2.24) is 0 Å². The first-order valence-corrected chi connectivity index (χ1v) is 9.76. The van der Waals surface area contributed by atoms with Gasteiger partial charge >= 0.3 is 0 Å². The molecule has 0 aliphatic heterocycles. The minimum absolute atomic E-state index is 0.242. The number of hydrogen-bond donors (Lipinski definition) is 0. The number of rotatable bonds is 9. The molecule has 144 valence electrons. The lowest BCUT2D eigenvalue weighted by Crippen LogP contribution is -2.00. The van der Waals surface area contributed by atoms with Crippen LogP contribution in [0.15, 0.2) is 36.4 Å². The molecule has 0 amide bonds. The highest BCUT2D eigenvalue weighted by molar-refractivity contribution is 6.08. The molecule has 0 heterocycles. The fraction of sp³-hybridized carbons (Fsp3) is 0.391. The van der Waals surface area contributed by atoms with Crippen LogP contribution in [0.5, 0.6) is 11.5 Å². The molecule has 3 aromatic carbocycles. The molecule has 0 unspecified atom stereocenters. The summed E-state index contributed by atoms with van der Waals surface area (Å²) in [4.78, 5) is 0. The molecular weight excluding hydrogens is 346 g/mol. The minimum Gasteiger partial charge on any atom is -0.490 e. The molecule has 0 bridgehead atoms. The van der Waals surface area contributed by atoms with E-state index in [-0.39, 0.29) is 11.5 Å². The topological polar surface area (TPSA) is 18.5 Å². The van der Waals surface area contributed by atoms with Crippen molar-refractivity contribution in [2.24, 2.45) is 0 Å². The first-order valence-electron chi connectivity index (χ1n) is 9.76. The predicted molar refractivity (Wildman–Crippen MR) is 107 cm³/mol. The molecule has 0 aromatic heterocycles. The number of hydrogen-bond acceptors (Lipinski definition) is 2. The zero-order chi connectivity index (χ0) is 19.2. The smallest absolute Gasteiger partial charge is 0.172 e. The molecule has 0 fully saturated rings. The molecule has 0 aliphatic rings. The Hall–Kier alpha value is -2.36. The third-order valence-electron chi connectivity index (χ3n) is 4.76. The van der Waals surface area contributed by atoms with Crippen molar-refractivity contribution in [3.8, 4) is 11.5 Å². The van der Waals surface area contributed by atoms with E-state index in [1.165, 1.54) is 0 Å². The Morgan fingerprint density at radius 1 is 0.593 bits per heavy atom. The molecular formula is C23H26F2O2. The second-order valence-electron chi connectivity index (χ2n) is 6.77. The minimum atomic E-state index is -0.397. The van der Waals surface area contributed by atoms with Gasteiger partial charge in [-0.05, 0) is 47.9 Å². The molecule has 0 saturated heterocycles. The van der Waals surface area contributed by atoms with Gasteiger partial charge in [-0.25, -0.2) is 8.78 Å². The normalized spacial score (nSPS) is 11.3. The fourth-order valence-corrected chi connectivity index (χ4v) is 3.19. The largest absolute Gasteiger partial charge is 0.490 e. The lowest BCUT2D eigenvalue weighted by atomic mass is 10.0. The molecule has 4 heteroatoms. The van der Waals surface area contributed by atoms with Crippen LogP contribution in [0.2, 0.25) is 0 Å². The average Bonchev–Trinajstić information content (AvgIpc) is 2.68. The molecule has 0 atom stereocenters. The third kappa shape index (κ3) is 4.15. The van der Waals surface area contributed by atoms with Crippen LogP contribution in [-0.4, -0.2) is 13.2 Å². The summed E-state index contributed by atoms with van der Waals surface area (Å²) in [7, 11) is 0. The van der Waals surface area contributed by atoms with Crippen molar-refractivity contribution in [1.29, 1.82) is 0 Å². The van der Waals surface area contributed by atoms with Crippen molar-refractivity contribution >= 4 is 21.5 Å². The van der Waals surface area contributed by atoms with Gasteiger partial charge in [-0.2, -0.15) is 0 Å². The highest BCUT2D eigenvalue weighted by Gasteiger charge is 2.14. The average molecular weight is 372 g/mol. The van der Waals surface area contributed by atoms with E-state index in [4.69, 9.17) is 9.47 Å². The third-order valence-corrected chi connectivity index (χ3v) is 4.76. The Labute approximate surface area is 159 Å². The maximum atomic E-state index is 14.8. The van der Waals surface area contributed by atoms with Gasteiger partial charge in [0.15, 0.2) is 23.1 Å². The first-order chi connectivity index (χ1) is 13.2. The summed E-state index contributed by atoms with van der Waals surface area (Å²) < 4.78 is 40.8. The molecule has 27 heavy (non-hydrogen) atoms. The van der Waals surface area contributed by atoms with Crippen LogP contribution in [0.3, 0.4) is 0 Å². The van der Waals surface area contributed by atoms with Crippen molar-refractivity contribution < 1.29 is 18.3 Å². The summed E-state index contributed by atoms with van der Waals surface area (Å²) in [5.74, 6) is -0.301. The molecule has 0 saturated carbocycles. The standard InChI is InChI=1S/C23H26F2O2/c1-3-5-7-15-27-21-13-11-17-16-10-12-20(26-14-6-4-2)22(24)18(16)8-9-19(17)23(21)25/h8-13H,3-7,14-15H2,1-2H3. The Morgan fingerprint density at radius 2 is 1.04 bits per heavy atom. The van der Waals surface area contributed by atoms with Gasteiger partial charge in [0.05, 0.1) is 13.2 Å². The zero-order valence-electron chi connectivity index (χ0n) is 16.0. The summed E-state index contributed by atoms with van der Waals surface area (Å²) in [5.41, 5.74) is 0. The molecule has 2 nitrogen and oxygen atoms in total. The Kier molecular flexibility index (Phi) is 6.49. The first kappa shape index (κ1) is 19.4. The molecule has 0 N–H and O–H groups in total. The number of unbranched alkanes of at least 4 members (excludes halogenated alkanes) is 3. The summed E-state index contributed by atoms with van der Waals surface area (Å²) in [6, 6.07) is 10.1. The molecule has 0 radical (unpaired) electrons. The monoisotopic (exact) mass is 372 g/mol. The van der Waals surface area contributed by atoms with Crippen LogP contribution in [0.25, 0.3) is 21.5 Å². The molecule has 0 aliphatic carbocycles. The summed E-state index contributed by atoms with van der Waals surface area (Å²) in [5, 5.41) is 2.22. The SMILES string of the molecule is CCCCCOc1ccc2c(ccc3c(F)c(OCCCC)ccc32)c1F. The van der Waals surface area contributed by atoms with Gasteiger partial charge in [-0.1, -0.05) is 45.2 Å². The van der Waals surface area contributed by atoms with E-state index in [0.717, 1.165) is 32.1 Å². The van der Waals surface area contributed by atoms with Crippen LogP contribution in [0, 0.1) is 11.6 Å². The van der Waals surface area contributed by atoms with E-state index in [1.54, 1.807) is 36.4 Å². The highest BCUT2D eigenvalue weighted by atomic mass is 19.1.